The second-order valence-electron chi connectivity index (χ2n) is 5.13. The van der Waals surface area contributed by atoms with Crippen LogP contribution in [-0.2, 0) is 16.1 Å². The number of nitrogens with zero attached hydrogens (tertiary/aromatic N) is 2. The van der Waals surface area contributed by atoms with Crippen LogP contribution in [0.4, 0.5) is 5.82 Å². The number of aryl methyl sites for hydroxylation is 1. The summed E-state index contributed by atoms with van der Waals surface area (Å²) in [5.74, 6) is 2.26. The van der Waals surface area contributed by atoms with Crippen LogP contribution in [0, 0.1) is 12.8 Å². The average molecular weight is 265 g/mol. The first-order valence-corrected chi connectivity index (χ1v) is 6.87. The Labute approximate surface area is 114 Å². The Bertz CT molecular complexity index is 406. The average Bonchev–Trinajstić information content (AvgIpc) is 2.39. The normalized spacial score (nSPS) is 18.3. The molecule has 2 rings (SSSR count). The third-order valence-corrected chi connectivity index (χ3v) is 3.52. The van der Waals surface area contributed by atoms with E-state index in [2.05, 4.69) is 22.2 Å². The van der Waals surface area contributed by atoms with Crippen molar-refractivity contribution in [2.45, 2.75) is 39.3 Å². The first-order valence-electron chi connectivity index (χ1n) is 6.87. The molecule has 0 radical (unpaired) electrons. The molecule has 5 nitrogen and oxygen atoms in total. The van der Waals surface area contributed by atoms with Gasteiger partial charge in [-0.2, -0.15) is 0 Å². The van der Waals surface area contributed by atoms with Gasteiger partial charge >= 0.3 is 0 Å². The molecule has 1 aliphatic heterocycles. The van der Waals surface area contributed by atoms with Crippen LogP contribution in [0.5, 0.6) is 0 Å². The van der Waals surface area contributed by atoms with E-state index in [1.54, 1.807) is 7.11 Å². The molecule has 1 atom stereocenters. The smallest absolute Gasteiger partial charge is 0.156 e. The second-order valence-corrected chi connectivity index (χ2v) is 5.13. The van der Waals surface area contributed by atoms with E-state index in [9.17, 15) is 0 Å². The third kappa shape index (κ3) is 4.14. The van der Waals surface area contributed by atoms with Crippen molar-refractivity contribution in [3.8, 4) is 0 Å². The lowest BCUT2D eigenvalue weighted by Crippen LogP contribution is -2.31. The van der Waals surface area contributed by atoms with Gasteiger partial charge in [0.2, 0.25) is 0 Å². The van der Waals surface area contributed by atoms with E-state index in [1.807, 2.05) is 13.0 Å². The second kappa shape index (κ2) is 6.82. The zero-order valence-electron chi connectivity index (χ0n) is 12.0. The summed E-state index contributed by atoms with van der Waals surface area (Å²) >= 11 is 0. The van der Waals surface area contributed by atoms with Gasteiger partial charge in [0, 0.05) is 38.1 Å². The molecule has 0 amide bonds. The predicted octanol–water partition coefficient (Wildman–Crippen LogP) is 2.16. The standard InChI is InChI=1S/C14H23N3O2/c1-10-8-13(17-14(15-10)9-18-3)16-11(2)12-4-6-19-7-5-12/h8,11-12H,4-7,9H2,1-3H3,(H,15,16,17). The largest absolute Gasteiger partial charge is 0.381 e. The number of aromatic nitrogens is 2. The number of anilines is 1. The molecule has 106 valence electrons. The molecule has 0 spiro atoms. The summed E-state index contributed by atoms with van der Waals surface area (Å²) in [5, 5.41) is 3.49. The van der Waals surface area contributed by atoms with E-state index in [4.69, 9.17) is 9.47 Å². The van der Waals surface area contributed by atoms with Crippen molar-refractivity contribution in [3.05, 3.63) is 17.6 Å². The van der Waals surface area contributed by atoms with E-state index >= 15 is 0 Å². The van der Waals surface area contributed by atoms with Crippen LogP contribution in [0.3, 0.4) is 0 Å². The van der Waals surface area contributed by atoms with Crippen molar-refractivity contribution in [2.75, 3.05) is 25.6 Å². The Morgan fingerprint density at radius 3 is 2.84 bits per heavy atom. The molecule has 19 heavy (non-hydrogen) atoms. The van der Waals surface area contributed by atoms with E-state index < -0.39 is 0 Å². The summed E-state index contributed by atoms with van der Waals surface area (Å²) in [6.45, 7) is 6.37. The van der Waals surface area contributed by atoms with Crippen molar-refractivity contribution in [1.82, 2.24) is 9.97 Å². The molecule has 0 saturated carbocycles. The van der Waals surface area contributed by atoms with Gasteiger partial charge in [-0.15, -0.1) is 0 Å². The van der Waals surface area contributed by atoms with Gasteiger partial charge in [-0.05, 0) is 32.6 Å². The first-order chi connectivity index (χ1) is 9.19. The molecule has 1 saturated heterocycles. The van der Waals surface area contributed by atoms with Crippen molar-refractivity contribution < 1.29 is 9.47 Å². The van der Waals surface area contributed by atoms with Crippen molar-refractivity contribution in [3.63, 3.8) is 0 Å². The molecule has 0 aromatic carbocycles. The van der Waals surface area contributed by atoms with Gasteiger partial charge in [-0.1, -0.05) is 0 Å². The molecule has 1 N–H and O–H groups in total. The van der Waals surface area contributed by atoms with Gasteiger partial charge < -0.3 is 14.8 Å². The van der Waals surface area contributed by atoms with E-state index in [-0.39, 0.29) is 0 Å². The highest BCUT2D eigenvalue weighted by atomic mass is 16.5. The van der Waals surface area contributed by atoms with E-state index in [0.717, 1.165) is 43.4 Å². The van der Waals surface area contributed by atoms with E-state index in [0.29, 0.717) is 18.6 Å². The van der Waals surface area contributed by atoms with Crippen LogP contribution >= 0.6 is 0 Å². The van der Waals surface area contributed by atoms with Crippen LogP contribution in [0.2, 0.25) is 0 Å². The summed E-state index contributed by atoms with van der Waals surface area (Å²) in [7, 11) is 1.66. The minimum absolute atomic E-state index is 0.397. The molecule has 2 heterocycles. The number of methoxy groups -OCH3 is 1. The molecule has 0 bridgehead atoms. The Balaban J connectivity index is 2.00. The van der Waals surface area contributed by atoms with Gasteiger partial charge in [0.25, 0.3) is 0 Å². The summed E-state index contributed by atoms with van der Waals surface area (Å²) < 4.78 is 10.5. The van der Waals surface area contributed by atoms with E-state index in [1.165, 1.54) is 0 Å². The Hall–Kier alpha value is -1.20. The Kier molecular flexibility index (Phi) is 5.10. The topological polar surface area (TPSA) is 56.3 Å². The summed E-state index contributed by atoms with van der Waals surface area (Å²) in [5.41, 5.74) is 0.962. The lowest BCUT2D eigenvalue weighted by atomic mass is 9.93. The maximum Gasteiger partial charge on any atom is 0.156 e. The van der Waals surface area contributed by atoms with Gasteiger partial charge in [0.05, 0.1) is 0 Å². The third-order valence-electron chi connectivity index (χ3n) is 3.52. The Morgan fingerprint density at radius 2 is 2.16 bits per heavy atom. The molecule has 1 aromatic rings. The lowest BCUT2D eigenvalue weighted by molar-refractivity contribution is 0.0622. The molecular weight excluding hydrogens is 242 g/mol. The molecule has 0 aliphatic carbocycles. The van der Waals surface area contributed by atoms with Crippen molar-refractivity contribution >= 4 is 5.82 Å². The lowest BCUT2D eigenvalue weighted by Gasteiger charge is -2.28. The molecule has 5 heteroatoms. The van der Waals surface area contributed by atoms with Crippen LogP contribution in [0.1, 0.15) is 31.3 Å². The van der Waals surface area contributed by atoms with Crippen LogP contribution in [-0.4, -0.2) is 36.3 Å². The minimum atomic E-state index is 0.397. The maximum absolute atomic E-state index is 5.40. The number of nitrogens with one attached hydrogen (secondary N) is 1. The molecular formula is C14H23N3O2. The number of ether oxygens (including phenoxy) is 2. The highest BCUT2D eigenvalue weighted by Gasteiger charge is 2.20. The fourth-order valence-corrected chi connectivity index (χ4v) is 2.46. The molecule has 1 aliphatic rings. The number of hydrogen-bond donors (Lipinski definition) is 1. The highest BCUT2D eigenvalue weighted by Crippen LogP contribution is 2.21. The zero-order valence-corrected chi connectivity index (χ0v) is 12.0. The van der Waals surface area contributed by atoms with Gasteiger partial charge in [-0.3, -0.25) is 0 Å². The monoisotopic (exact) mass is 265 g/mol. The highest BCUT2D eigenvalue weighted by molar-refractivity contribution is 5.37. The van der Waals surface area contributed by atoms with Gasteiger partial charge in [0.1, 0.15) is 12.4 Å². The molecule has 1 unspecified atom stereocenters. The predicted molar refractivity (Wildman–Crippen MR) is 74.1 cm³/mol. The van der Waals surface area contributed by atoms with Crippen LogP contribution < -0.4 is 5.32 Å². The van der Waals surface area contributed by atoms with Gasteiger partial charge in [-0.25, -0.2) is 9.97 Å². The molecule has 1 aromatic heterocycles. The Morgan fingerprint density at radius 1 is 1.42 bits per heavy atom. The first kappa shape index (κ1) is 14.2. The van der Waals surface area contributed by atoms with Gasteiger partial charge in [0.15, 0.2) is 5.82 Å². The summed E-state index contributed by atoms with van der Waals surface area (Å²) in [4.78, 5) is 8.83. The van der Waals surface area contributed by atoms with Crippen LogP contribution in [0.15, 0.2) is 6.07 Å². The fraction of sp³-hybridized carbons (Fsp3) is 0.714. The quantitative estimate of drug-likeness (QED) is 0.884. The van der Waals surface area contributed by atoms with Crippen LogP contribution in [0.25, 0.3) is 0 Å². The zero-order chi connectivity index (χ0) is 13.7. The molecule has 1 fully saturated rings. The fourth-order valence-electron chi connectivity index (χ4n) is 2.46. The summed E-state index contributed by atoms with van der Waals surface area (Å²) in [6, 6.07) is 2.38. The number of rotatable bonds is 5. The number of hydrogen-bond acceptors (Lipinski definition) is 5. The SMILES string of the molecule is COCc1nc(C)cc(NC(C)C2CCOCC2)n1. The van der Waals surface area contributed by atoms with Crippen molar-refractivity contribution in [2.24, 2.45) is 5.92 Å². The maximum atomic E-state index is 5.40. The summed E-state index contributed by atoms with van der Waals surface area (Å²) in [6.07, 6.45) is 2.23. The van der Waals surface area contributed by atoms with Crippen molar-refractivity contribution in [1.29, 1.82) is 0 Å². The minimum Gasteiger partial charge on any atom is -0.381 e.